The second kappa shape index (κ2) is 11.3. The van der Waals surface area contributed by atoms with E-state index in [1.165, 1.54) is 126 Å². The third-order valence-corrected chi connectivity index (χ3v) is 15.9. The quantitative estimate of drug-likeness (QED) is 0.181. The van der Waals surface area contributed by atoms with E-state index >= 15 is 0 Å². The summed E-state index contributed by atoms with van der Waals surface area (Å²) in [7, 11) is 0. The van der Waals surface area contributed by atoms with Crippen molar-refractivity contribution < 1.29 is 4.42 Å². The first-order valence-electron chi connectivity index (χ1n) is 21.4. The van der Waals surface area contributed by atoms with Crippen molar-refractivity contribution in [2.45, 2.75) is 81.5 Å². The Kier molecular flexibility index (Phi) is 6.37. The Bertz CT molecular complexity index is 2700. The molecule has 0 N–H and O–H groups in total. The molecule has 5 atom stereocenters. The van der Waals surface area contributed by atoms with Crippen LogP contribution < -0.4 is 4.90 Å². The zero-order valence-electron chi connectivity index (χ0n) is 31.6. The summed E-state index contributed by atoms with van der Waals surface area (Å²) in [6.45, 7) is 0. The Morgan fingerprint density at radius 2 is 1.18 bits per heavy atom. The average molecular weight is 714 g/mol. The molecule has 1 heterocycles. The summed E-state index contributed by atoms with van der Waals surface area (Å²) < 4.78 is 6.56. The van der Waals surface area contributed by atoms with E-state index in [0.29, 0.717) is 0 Å². The first-order valence-corrected chi connectivity index (χ1v) is 21.4. The number of hydrogen-bond donors (Lipinski definition) is 0. The molecule has 6 aromatic carbocycles. The van der Waals surface area contributed by atoms with Crippen LogP contribution in [0, 0.1) is 23.7 Å². The minimum absolute atomic E-state index is 0.0848. The van der Waals surface area contributed by atoms with E-state index in [9.17, 15) is 0 Å². The van der Waals surface area contributed by atoms with Gasteiger partial charge in [-0.2, -0.15) is 0 Å². The van der Waals surface area contributed by atoms with E-state index in [1.54, 1.807) is 16.7 Å². The highest BCUT2D eigenvalue weighted by atomic mass is 16.3. The van der Waals surface area contributed by atoms with Crippen molar-refractivity contribution in [3.63, 3.8) is 0 Å². The Morgan fingerprint density at radius 3 is 2.09 bits per heavy atom. The van der Waals surface area contributed by atoms with E-state index < -0.39 is 0 Å². The van der Waals surface area contributed by atoms with Crippen molar-refractivity contribution in [3.8, 4) is 22.3 Å². The van der Waals surface area contributed by atoms with Gasteiger partial charge in [0.2, 0.25) is 0 Å². The van der Waals surface area contributed by atoms with E-state index in [0.717, 1.165) is 34.8 Å². The summed E-state index contributed by atoms with van der Waals surface area (Å²) in [5.74, 6) is 3.33. The van der Waals surface area contributed by atoms with Crippen LogP contribution in [0.25, 0.3) is 44.2 Å². The summed E-state index contributed by atoms with van der Waals surface area (Å²) >= 11 is 0. The standard InChI is InChI=1S/C53H47NO/c1-8-25-52(26-9-1)44-14-5-2-11-39(44)41-23-21-38(32-47(41)52)54(48-16-10-18-50-51(48)42-13-4-7-17-49(42)55-50)37-22-24-46-43(31-37)40-12-3-6-15-45(40)53(46)35-20-19-33-27-34(29-35)30-36(53)28-33/h2-7,10-18,21-24,31-36H,1,8-9,19-20,25-30H2. The molecule has 2 nitrogen and oxygen atoms in total. The molecule has 2 heteroatoms. The van der Waals surface area contributed by atoms with Crippen LogP contribution in [0.2, 0.25) is 0 Å². The molecule has 0 radical (unpaired) electrons. The summed E-state index contributed by atoms with van der Waals surface area (Å²) in [5, 5.41) is 2.36. The zero-order chi connectivity index (χ0) is 35.9. The molecule has 0 saturated heterocycles. The average Bonchev–Trinajstić information content (AvgIpc) is 3.78. The van der Waals surface area contributed by atoms with Gasteiger partial charge in [-0.3, -0.25) is 0 Å². The number of rotatable bonds is 3. The second-order valence-electron chi connectivity index (χ2n) is 18.3. The van der Waals surface area contributed by atoms with Crippen LogP contribution in [0.5, 0.6) is 0 Å². The maximum absolute atomic E-state index is 6.56. The molecule has 0 aliphatic heterocycles. The number of nitrogens with zero attached hydrogens (tertiary/aromatic N) is 1. The Labute approximate surface area is 324 Å². The fourth-order valence-corrected chi connectivity index (χ4v) is 14.1. The molecule has 270 valence electrons. The molecule has 7 aromatic rings. The maximum atomic E-state index is 6.56. The van der Waals surface area contributed by atoms with Crippen LogP contribution in [-0.4, -0.2) is 0 Å². The molecular formula is C53H47NO. The topological polar surface area (TPSA) is 16.4 Å². The molecular weight excluding hydrogens is 667 g/mol. The van der Waals surface area contributed by atoms with Crippen LogP contribution in [0.1, 0.15) is 92.9 Å². The van der Waals surface area contributed by atoms with E-state index in [-0.39, 0.29) is 10.8 Å². The minimum atomic E-state index is 0.0848. The van der Waals surface area contributed by atoms with Crippen LogP contribution in [0.3, 0.4) is 0 Å². The number of anilines is 3. The van der Waals surface area contributed by atoms with Gasteiger partial charge in [0.05, 0.1) is 11.1 Å². The minimum Gasteiger partial charge on any atom is -0.456 e. The predicted octanol–water partition coefficient (Wildman–Crippen LogP) is 14.4. The third kappa shape index (κ3) is 4.06. The second-order valence-corrected chi connectivity index (χ2v) is 18.3. The molecule has 5 fully saturated rings. The van der Waals surface area contributed by atoms with E-state index in [4.69, 9.17) is 4.42 Å². The van der Waals surface area contributed by atoms with Gasteiger partial charge in [-0.1, -0.05) is 111 Å². The molecule has 55 heavy (non-hydrogen) atoms. The van der Waals surface area contributed by atoms with Crippen molar-refractivity contribution in [1.82, 2.24) is 0 Å². The molecule has 7 aliphatic carbocycles. The number of para-hydroxylation sites is 1. The lowest BCUT2D eigenvalue weighted by molar-refractivity contribution is 0.0618. The predicted molar refractivity (Wildman–Crippen MR) is 226 cm³/mol. The fraction of sp³-hybridized carbons (Fsp3) is 0.321. The number of hydrogen-bond acceptors (Lipinski definition) is 2. The number of furan rings is 1. The molecule has 5 unspecified atom stereocenters. The molecule has 7 aliphatic rings. The molecule has 0 amide bonds. The monoisotopic (exact) mass is 713 g/mol. The lowest BCUT2D eigenvalue weighted by Gasteiger charge is -2.53. The zero-order valence-corrected chi connectivity index (χ0v) is 31.6. The number of fused-ring (bicyclic) bond motifs is 12. The van der Waals surface area contributed by atoms with Crippen molar-refractivity contribution in [1.29, 1.82) is 0 Å². The summed E-state index contributed by atoms with van der Waals surface area (Å²) in [5.41, 5.74) is 17.9. The highest BCUT2D eigenvalue weighted by Crippen LogP contribution is 2.68. The summed E-state index contributed by atoms with van der Waals surface area (Å²) in [6.07, 6.45) is 14.9. The summed E-state index contributed by atoms with van der Waals surface area (Å²) in [6, 6.07) is 49.2. The van der Waals surface area contributed by atoms with Gasteiger partial charge in [-0.25, -0.2) is 0 Å². The Balaban J connectivity index is 1.06. The highest BCUT2D eigenvalue weighted by molar-refractivity contribution is 6.13. The van der Waals surface area contributed by atoms with Gasteiger partial charge in [0.15, 0.2) is 0 Å². The van der Waals surface area contributed by atoms with Crippen LogP contribution in [-0.2, 0) is 10.8 Å². The Morgan fingerprint density at radius 1 is 0.491 bits per heavy atom. The maximum Gasteiger partial charge on any atom is 0.137 e. The molecule has 14 rings (SSSR count). The lowest BCUT2D eigenvalue weighted by Crippen LogP contribution is -2.48. The van der Waals surface area contributed by atoms with Crippen LogP contribution in [0.15, 0.2) is 132 Å². The van der Waals surface area contributed by atoms with Crippen LogP contribution >= 0.6 is 0 Å². The molecule has 2 spiro atoms. The van der Waals surface area contributed by atoms with Crippen LogP contribution in [0.4, 0.5) is 17.1 Å². The van der Waals surface area contributed by atoms with Gasteiger partial charge in [0, 0.05) is 27.6 Å². The molecule has 4 bridgehead atoms. The first-order chi connectivity index (χ1) is 27.2. The Hall–Kier alpha value is -5.08. The fourth-order valence-electron chi connectivity index (χ4n) is 14.1. The van der Waals surface area contributed by atoms with Crippen molar-refractivity contribution >= 4 is 39.0 Å². The normalized spacial score (nSPS) is 26.3. The van der Waals surface area contributed by atoms with Crippen molar-refractivity contribution in [3.05, 3.63) is 150 Å². The first kappa shape index (κ1) is 31.2. The van der Waals surface area contributed by atoms with E-state index in [2.05, 4.69) is 132 Å². The largest absolute Gasteiger partial charge is 0.456 e. The van der Waals surface area contributed by atoms with Gasteiger partial charge >= 0.3 is 0 Å². The molecule has 5 saturated carbocycles. The van der Waals surface area contributed by atoms with Gasteiger partial charge in [0.25, 0.3) is 0 Å². The van der Waals surface area contributed by atoms with Gasteiger partial charge in [0.1, 0.15) is 11.2 Å². The molecule has 1 aromatic heterocycles. The van der Waals surface area contributed by atoms with Gasteiger partial charge in [-0.05, 0) is 156 Å². The highest BCUT2D eigenvalue weighted by Gasteiger charge is 2.59. The van der Waals surface area contributed by atoms with Crippen molar-refractivity contribution in [2.75, 3.05) is 4.90 Å². The lowest BCUT2D eigenvalue weighted by atomic mass is 9.51. The van der Waals surface area contributed by atoms with Gasteiger partial charge < -0.3 is 9.32 Å². The number of benzene rings is 6. The summed E-state index contributed by atoms with van der Waals surface area (Å²) in [4.78, 5) is 2.58. The van der Waals surface area contributed by atoms with Gasteiger partial charge in [-0.15, -0.1) is 0 Å². The smallest absolute Gasteiger partial charge is 0.137 e. The van der Waals surface area contributed by atoms with Crippen molar-refractivity contribution in [2.24, 2.45) is 23.7 Å². The SMILES string of the molecule is c1ccc2c(c1)-c1ccc(N(c3ccc4c(c3)-c3ccccc3C43C4CCC5CC(C4)CC3C5)c3cccc4oc5ccccc5c34)cc1C21CCCCC1. The third-order valence-electron chi connectivity index (χ3n) is 15.9. The van der Waals surface area contributed by atoms with E-state index in [1.807, 2.05) is 0 Å².